The normalized spacial score (nSPS) is 17.5. The van der Waals surface area contributed by atoms with Gasteiger partial charge in [0, 0.05) is 18.4 Å². The molecule has 0 radical (unpaired) electrons. The fourth-order valence-electron chi connectivity index (χ4n) is 2.71. The number of amides is 1. The van der Waals surface area contributed by atoms with Crippen molar-refractivity contribution in [3.8, 4) is 5.75 Å². The fourth-order valence-corrected chi connectivity index (χ4v) is 2.71. The van der Waals surface area contributed by atoms with E-state index in [1.165, 1.54) is 0 Å². The Morgan fingerprint density at radius 3 is 2.43 bits per heavy atom. The van der Waals surface area contributed by atoms with Gasteiger partial charge < -0.3 is 9.47 Å². The Morgan fingerprint density at radius 1 is 1.05 bits per heavy atom. The number of methoxy groups -OCH3 is 2. The molecule has 1 unspecified atom stereocenters. The SMILES string of the molecule is COc1ccc(N2C(=O)Cc3ccccc3C2OC)cc1. The minimum Gasteiger partial charge on any atom is -0.497 e. The molecule has 2 aromatic carbocycles. The number of hydrogen-bond acceptors (Lipinski definition) is 3. The molecule has 3 rings (SSSR count). The van der Waals surface area contributed by atoms with Crippen molar-refractivity contribution in [2.24, 2.45) is 0 Å². The first-order valence-electron chi connectivity index (χ1n) is 6.81. The number of ether oxygens (including phenoxy) is 2. The highest BCUT2D eigenvalue weighted by Crippen LogP contribution is 2.35. The Balaban J connectivity index is 2.02. The summed E-state index contributed by atoms with van der Waals surface area (Å²) in [4.78, 5) is 14.2. The second-order valence-corrected chi connectivity index (χ2v) is 4.93. The molecule has 21 heavy (non-hydrogen) atoms. The zero-order valence-corrected chi connectivity index (χ0v) is 12.1. The number of benzene rings is 2. The summed E-state index contributed by atoms with van der Waals surface area (Å²) in [6.07, 6.45) is -0.00180. The molecule has 0 N–H and O–H groups in total. The highest BCUT2D eigenvalue weighted by atomic mass is 16.5. The molecule has 108 valence electrons. The Kier molecular flexibility index (Phi) is 3.62. The molecule has 0 spiro atoms. The second-order valence-electron chi connectivity index (χ2n) is 4.93. The van der Waals surface area contributed by atoms with Crippen molar-refractivity contribution in [1.82, 2.24) is 0 Å². The summed E-state index contributed by atoms with van der Waals surface area (Å²) in [6.45, 7) is 0. The topological polar surface area (TPSA) is 38.8 Å². The number of carbonyl (C=O) groups is 1. The first-order chi connectivity index (χ1) is 10.2. The maximum Gasteiger partial charge on any atom is 0.233 e. The zero-order chi connectivity index (χ0) is 14.8. The van der Waals surface area contributed by atoms with E-state index in [0.29, 0.717) is 6.42 Å². The van der Waals surface area contributed by atoms with Crippen LogP contribution in [0.15, 0.2) is 48.5 Å². The molecule has 2 aromatic rings. The number of rotatable bonds is 3. The monoisotopic (exact) mass is 283 g/mol. The molecule has 0 aromatic heterocycles. The number of anilines is 1. The molecular weight excluding hydrogens is 266 g/mol. The first kappa shape index (κ1) is 13.6. The molecule has 4 nitrogen and oxygen atoms in total. The summed E-state index contributed by atoms with van der Waals surface area (Å²) in [5.41, 5.74) is 2.87. The average molecular weight is 283 g/mol. The van der Waals surface area contributed by atoms with Crippen LogP contribution in [0.5, 0.6) is 5.75 Å². The quantitative estimate of drug-likeness (QED) is 0.869. The van der Waals surface area contributed by atoms with Gasteiger partial charge in [0.1, 0.15) is 5.75 Å². The van der Waals surface area contributed by atoms with E-state index in [0.717, 1.165) is 22.6 Å². The van der Waals surface area contributed by atoms with Crippen molar-refractivity contribution in [2.75, 3.05) is 19.1 Å². The predicted molar refractivity (Wildman–Crippen MR) is 80.4 cm³/mol. The van der Waals surface area contributed by atoms with Gasteiger partial charge in [-0.15, -0.1) is 0 Å². The van der Waals surface area contributed by atoms with Crippen molar-refractivity contribution < 1.29 is 14.3 Å². The van der Waals surface area contributed by atoms with Crippen LogP contribution in [0.2, 0.25) is 0 Å². The standard InChI is InChI=1S/C17H17NO3/c1-20-14-9-7-13(8-10-14)18-16(19)11-12-5-3-4-6-15(12)17(18)21-2/h3-10,17H,11H2,1-2H3. The van der Waals surface area contributed by atoms with Crippen LogP contribution in [0.3, 0.4) is 0 Å². The van der Waals surface area contributed by atoms with E-state index in [9.17, 15) is 4.79 Å². The van der Waals surface area contributed by atoms with E-state index in [1.54, 1.807) is 19.1 Å². The van der Waals surface area contributed by atoms with Crippen LogP contribution in [0.4, 0.5) is 5.69 Å². The van der Waals surface area contributed by atoms with Crippen molar-refractivity contribution in [3.63, 3.8) is 0 Å². The molecule has 0 fully saturated rings. The van der Waals surface area contributed by atoms with Crippen LogP contribution in [0.1, 0.15) is 17.4 Å². The largest absolute Gasteiger partial charge is 0.497 e. The Bertz CT molecular complexity index is 651. The lowest BCUT2D eigenvalue weighted by Gasteiger charge is -2.36. The third-order valence-corrected chi connectivity index (χ3v) is 3.74. The van der Waals surface area contributed by atoms with Gasteiger partial charge in [0.2, 0.25) is 5.91 Å². The lowest BCUT2D eigenvalue weighted by molar-refractivity contribution is -0.121. The third-order valence-electron chi connectivity index (χ3n) is 3.74. The summed E-state index contributed by atoms with van der Waals surface area (Å²) in [6, 6.07) is 15.3. The molecule has 1 aliphatic rings. The van der Waals surface area contributed by atoms with Crippen molar-refractivity contribution in [3.05, 3.63) is 59.7 Å². The minimum absolute atomic E-state index is 0.0331. The maximum atomic E-state index is 12.5. The van der Waals surface area contributed by atoms with Gasteiger partial charge in [-0.3, -0.25) is 9.69 Å². The third kappa shape index (κ3) is 2.38. The summed E-state index contributed by atoms with van der Waals surface area (Å²) in [5, 5.41) is 0. The van der Waals surface area contributed by atoms with Crippen LogP contribution in [0.25, 0.3) is 0 Å². The molecule has 1 amide bonds. The van der Waals surface area contributed by atoms with E-state index in [-0.39, 0.29) is 5.91 Å². The number of fused-ring (bicyclic) bond motifs is 1. The van der Waals surface area contributed by atoms with Crippen LogP contribution < -0.4 is 9.64 Å². The molecule has 1 atom stereocenters. The van der Waals surface area contributed by atoms with Crippen LogP contribution >= 0.6 is 0 Å². The first-order valence-corrected chi connectivity index (χ1v) is 6.81. The van der Waals surface area contributed by atoms with Crippen molar-refractivity contribution in [1.29, 1.82) is 0 Å². The van der Waals surface area contributed by atoms with Crippen LogP contribution in [-0.4, -0.2) is 20.1 Å². The second kappa shape index (κ2) is 5.58. The Labute approximate surface area is 123 Å². The Hall–Kier alpha value is -2.33. The van der Waals surface area contributed by atoms with Gasteiger partial charge in [-0.1, -0.05) is 24.3 Å². The van der Waals surface area contributed by atoms with Crippen LogP contribution in [-0.2, 0) is 16.0 Å². The lowest BCUT2D eigenvalue weighted by Crippen LogP contribution is -2.41. The number of nitrogens with zero attached hydrogens (tertiary/aromatic N) is 1. The van der Waals surface area contributed by atoms with Gasteiger partial charge in [-0.2, -0.15) is 0 Å². The lowest BCUT2D eigenvalue weighted by atomic mass is 9.97. The molecule has 0 bridgehead atoms. The highest BCUT2D eigenvalue weighted by molar-refractivity contribution is 5.97. The molecule has 1 heterocycles. The van der Waals surface area contributed by atoms with Gasteiger partial charge in [0.15, 0.2) is 6.23 Å². The van der Waals surface area contributed by atoms with E-state index in [1.807, 2.05) is 48.5 Å². The molecule has 4 heteroatoms. The van der Waals surface area contributed by atoms with Gasteiger partial charge in [-0.05, 0) is 29.8 Å². The minimum atomic E-state index is -0.393. The van der Waals surface area contributed by atoms with Crippen molar-refractivity contribution in [2.45, 2.75) is 12.6 Å². The van der Waals surface area contributed by atoms with E-state index < -0.39 is 6.23 Å². The van der Waals surface area contributed by atoms with Gasteiger partial charge in [-0.25, -0.2) is 0 Å². The summed E-state index contributed by atoms with van der Waals surface area (Å²) in [7, 11) is 3.24. The number of carbonyl (C=O) groups excluding carboxylic acids is 1. The zero-order valence-electron chi connectivity index (χ0n) is 12.1. The summed E-state index contributed by atoms with van der Waals surface area (Å²) in [5.74, 6) is 0.795. The molecule has 0 aliphatic carbocycles. The molecular formula is C17H17NO3. The van der Waals surface area contributed by atoms with Gasteiger partial charge >= 0.3 is 0 Å². The van der Waals surface area contributed by atoms with E-state index >= 15 is 0 Å². The predicted octanol–water partition coefficient (Wildman–Crippen LogP) is 2.93. The summed E-state index contributed by atoms with van der Waals surface area (Å²) < 4.78 is 10.7. The van der Waals surface area contributed by atoms with Gasteiger partial charge in [0.25, 0.3) is 0 Å². The van der Waals surface area contributed by atoms with E-state index in [4.69, 9.17) is 9.47 Å². The Morgan fingerprint density at radius 2 is 1.76 bits per heavy atom. The molecule has 0 saturated heterocycles. The van der Waals surface area contributed by atoms with Crippen molar-refractivity contribution >= 4 is 11.6 Å². The highest BCUT2D eigenvalue weighted by Gasteiger charge is 2.33. The molecule has 1 aliphatic heterocycles. The molecule has 0 saturated carbocycles. The van der Waals surface area contributed by atoms with Crippen LogP contribution in [0, 0.1) is 0 Å². The summed E-state index contributed by atoms with van der Waals surface area (Å²) >= 11 is 0. The number of hydrogen-bond donors (Lipinski definition) is 0. The van der Waals surface area contributed by atoms with E-state index in [2.05, 4.69) is 0 Å². The average Bonchev–Trinajstić information content (AvgIpc) is 2.53. The fraction of sp³-hybridized carbons (Fsp3) is 0.235. The maximum absolute atomic E-state index is 12.5. The van der Waals surface area contributed by atoms with Gasteiger partial charge in [0.05, 0.1) is 13.5 Å². The smallest absolute Gasteiger partial charge is 0.233 e.